The van der Waals surface area contributed by atoms with Crippen molar-refractivity contribution < 1.29 is 0 Å². The summed E-state index contributed by atoms with van der Waals surface area (Å²) in [5.41, 5.74) is 1.78. The van der Waals surface area contributed by atoms with Crippen LogP contribution in [0.25, 0.3) is 0 Å². The van der Waals surface area contributed by atoms with E-state index in [1.54, 1.807) is 34.4 Å². The number of rotatable bonds is 0. The number of hydrogen-bond donors (Lipinski definition) is 0. The predicted octanol–water partition coefficient (Wildman–Crippen LogP) is 3.65. The van der Waals surface area contributed by atoms with Crippen molar-refractivity contribution in [3.8, 4) is 0 Å². The average molecular weight is 248 g/mol. The van der Waals surface area contributed by atoms with Crippen molar-refractivity contribution in [2.45, 2.75) is 0 Å². The van der Waals surface area contributed by atoms with E-state index < -0.39 is 0 Å². The molecule has 2 aromatic rings. The molecule has 2 aromatic heterocycles. The van der Waals surface area contributed by atoms with E-state index in [2.05, 4.69) is 20.9 Å². The molecule has 0 N–H and O–H groups in total. The molecule has 0 aliphatic rings. The number of halogens is 1. The number of aromatic nitrogens is 1. The SMILES string of the molecule is Brc1cncs1.c1ccsc1. The third kappa shape index (κ3) is 4.29. The molecule has 1 nitrogen and oxygen atoms in total. The molecule has 58 valence electrons. The monoisotopic (exact) mass is 247 g/mol. The molecule has 0 amide bonds. The van der Waals surface area contributed by atoms with Crippen LogP contribution in [0.2, 0.25) is 0 Å². The maximum atomic E-state index is 3.79. The van der Waals surface area contributed by atoms with E-state index in [1.807, 2.05) is 22.9 Å². The highest BCUT2D eigenvalue weighted by Crippen LogP contribution is 2.12. The van der Waals surface area contributed by atoms with Crippen LogP contribution in [0.5, 0.6) is 0 Å². The zero-order chi connectivity index (χ0) is 7.94. The Morgan fingerprint density at radius 1 is 1.27 bits per heavy atom. The lowest BCUT2D eigenvalue weighted by Gasteiger charge is -1.60. The van der Waals surface area contributed by atoms with E-state index in [-0.39, 0.29) is 0 Å². The largest absolute Gasteiger partial charge is 0.252 e. The van der Waals surface area contributed by atoms with Gasteiger partial charge in [0.05, 0.1) is 15.5 Å². The molecule has 0 saturated heterocycles. The minimum absolute atomic E-state index is 1.09. The predicted molar refractivity (Wildman–Crippen MR) is 54.1 cm³/mol. The van der Waals surface area contributed by atoms with E-state index in [0.29, 0.717) is 0 Å². The zero-order valence-corrected chi connectivity index (χ0v) is 8.82. The molecular formula is C7H6BrNS2. The first-order valence-electron chi connectivity index (χ1n) is 2.91. The second-order valence-electron chi connectivity index (χ2n) is 1.60. The Bertz CT molecular complexity index is 235. The first-order valence-corrected chi connectivity index (χ1v) is 5.52. The van der Waals surface area contributed by atoms with Crippen LogP contribution in [0.3, 0.4) is 0 Å². The summed E-state index contributed by atoms with van der Waals surface area (Å²) in [5.74, 6) is 0. The smallest absolute Gasteiger partial charge is 0.0896 e. The van der Waals surface area contributed by atoms with E-state index in [0.717, 1.165) is 3.79 Å². The van der Waals surface area contributed by atoms with Gasteiger partial charge in [-0.05, 0) is 26.7 Å². The van der Waals surface area contributed by atoms with Gasteiger partial charge in [0.2, 0.25) is 0 Å². The van der Waals surface area contributed by atoms with Crippen molar-refractivity contribution in [3.63, 3.8) is 0 Å². The van der Waals surface area contributed by atoms with Crippen molar-refractivity contribution in [1.29, 1.82) is 0 Å². The van der Waals surface area contributed by atoms with Gasteiger partial charge in [-0.3, -0.25) is 4.98 Å². The molecule has 0 fully saturated rings. The molecular weight excluding hydrogens is 242 g/mol. The molecule has 11 heavy (non-hydrogen) atoms. The topological polar surface area (TPSA) is 12.9 Å². The molecule has 0 radical (unpaired) electrons. The Morgan fingerprint density at radius 2 is 2.00 bits per heavy atom. The van der Waals surface area contributed by atoms with Crippen LogP contribution in [-0.4, -0.2) is 4.98 Å². The molecule has 0 unspecified atom stereocenters. The van der Waals surface area contributed by atoms with Gasteiger partial charge >= 0.3 is 0 Å². The van der Waals surface area contributed by atoms with Gasteiger partial charge in [0, 0.05) is 0 Å². The van der Waals surface area contributed by atoms with Gasteiger partial charge in [-0.1, -0.05) is 12.1 Å². The van der Waals surface area contributed by atoms with E-state index in [9.17, 15) is 0 Å². The minimum Gasteiger partial charge on any atom is -0.252 e. The van der Waals surface area contributed by atoms with Gasteiger partial charge in [-0.25, -0.2) is 0 Å². The molecule has 0 aromatic carbocycles. The van der Waals surface area contributed by atoms with Gasteiger partial charge in [0.25, 0.3) is 0 Å². The van der Waals surface area contributed by atoms with Crippen LogP contribution in [0.15, 0.2) is 38.4 Å². The normalized spacial score (nSPS) is 8.45. The maximum absolute atomic E-state index is 3.79. The Balaban J connectivity index is 0.000000112. The third-order valence-electron chi connectivity index (χ3n) is 0.828. The summed E-state index contributed by atoms with van der Waals surface area (Å²) in [6.45, 7) is 0. The Morgan fingerprint density at radius 3 is 2.18 bits per heavy atom. The van der Waals surface area contributed by atoms with Crippen molar-refractivity contribution in [2.75, 3.05) is 0 Å². The summed E-state index contributed by atoms with van der Waals surface area (Å²) in [6, 6.07) is 4.04. The van der Waals surface area contributed by atoms with Gasteiger partial charge in [0.15, 0.2) is 0 Å². The van der Waals surface area contributed by atoms with Crippen molar-refractivity contribution >= 4 is 38.6 Å². The molecule has 2 rings (SSSR count). The molecule has 0 bridgehead atoms. The Kier molecular flexibility index (Phi) is 4.42. The fourth-order valence-electron chi connectivity index (χ4n) is 0.427. The first-order chi connectivity index (χ1) is 5.39. The van der Waals surface area contributed by atoms with Crippen molar-refractivity contribution in [3.05, 3.63) is 38.4 Å². The number of hydrogen-bond acceptors (Lipinski definition) is 3. The molecule has 0 saturated carbocycles. The summed E-state index contributed by atoms with van der Waals surface area (Å²) in [5, 5.41) is 4.08. The van der Waals surface area contributed by atoms with Crippen LogP contribution in [-0.2, 0) is 0 Å². The first kappa shape index (κ1) is 8.90. The number of thiophene rings is 1. The minimum atomic E-state index is 1.09. The van der Waals surface area contributed by atoms with Crippen LogP contribution in [0.4, 0.5) is 0 Å². The molecule has 0 aliphatic heterocycles. The standard InChI is InChI=1S/C4H4S.C3H2BrNS/c1-2-4-5-3-1;4-3-1-5-2-6-3/h1-4H;1-2H. The third-order valence-corrected chi connectivity index (χ3v) is 2.78. The second kappa shape index (κ2) is 5.46. The molecule has 0 aliphatic carbocycles. The van der Waals surface area contributed by atoms with Gasteiger partial charge < -0.3 is 0 Å². The van der Waals surface area contributed by atoms with E-state index in [1.165, 1.54) is 0 Å². The lowest BCUT2D eigenvalue weighted by atomic mass is 10.7. The van der Waals surface area contributed by atoms with Gasteiger partial charge in [0.1, 0.15) is 0 Å². The fraction of sp³-hybridized carbons (Fsp3) is 0. The van der Waals surface area contributed by atoms with Crippen LogP contribution >= 0.6 is 38.6 Å². The Labute approximate surface area is 81.9 Å². The number of nitrogens with zero attached hydrogens (tertiary/aromatic N) is 1. The van der Waals surface area contributed by atoms with Gasteiger partial charge in [-0.2, -0.15) is 11.3 Å². The molecule has 4 heteroatoms. The second-order valence-corrected chi connectivity index (χ2v) is 4.68. The van der Waals surface area contributed by atoms with Crippen molar-refractivity contribution in [2.24, 2.45) is 0 Å². The van der Waals surface area contributed by atoms with Crippen LogP contribution in [0, 0.1) is 0 Å². The lowest BCUT2D eigenvalue weighted by Crippen LogP contribution is -1.41. The molecule has 2 heterocycles. The highest BCUT2D eigenvalue weighted by molar-refractivity contribution is 9.11. The van der Waals surface area contributed by atoms with Crippen molar-refractivity contribution in [1.82, 2.24) is 4.98 Å². The quantitative estimate of drug-likeness (QED) is 0.693. The molecule has 0 atom stereocenters. The van der Waals surface area contributed by atoms with Crippen LogP contribution in [0.1, 0.15) is 0 Å². The Hall–Kier alpha value is -0.190. The molecule has 0 spiro atoms. The lowest BCUT2D eigenvalue weighted by molar-refractivity contribution is 1.42. The maximum Gasteiger partial charge on any atom is 0.0896 e. The zero-order valence-electron chi connectivity index (χ0n) is 5.61. The summed E-state index contributed by atoms with van der Waals surface area (Å²) in [7, 11) is 0. The van der Waals surface area contributed by atoms with Crippen LogP contribution < -0.4 is 0 Å². The summed E-state index contributed by atoms with van der Waals surface area (Å²) >= 11 is 6.53. The summed E-state index contributed by atoms with van der Waals surface area (Å²) in [4.78, 5) is 3.79. The summed E-state index contributed by atoms with van der Waals surface area (Å²) in [6.07, 6.45) is 1.77. The average Bonchev–Trinajstić information content (AvgIpc) is 2.57. The van der Waals surface area contributed by atoms with E-state index >= 15 is 0 Å². The van der Waals surface area contributed by atoms with Gasteiger partial charge in [-0.15, -0.1) is 11.3 Å². The highest BCUT2D eigenvalue weighted by atomic mass is 79.9. The number of thiazole rings is 1. The highest BCUT2D eigenvalue weighted by Gasteiger charge is 1.78. The fourth-order valence-corrected chi connectivity index (χ4v) is 1.59. The summed E-state index contributed by atoms with van der Waals surface area (Å²) < 4.78 is 1.09. The van der Waals surface area contributed by atoms with E-state index in [4.69, 9.17) is 0 Å².